The van der Waals surface area contributed by atoms with Gasteiger partial charge in [-0.2, -0.15) is 0 Å². The Hall–Kier alpha value is -2.99. The molecule has 0 aliphatic carbocycles. The molecule has 3 aromatic rings. The maximum absolute atomic E-state index is 12.6. The van der Waals surface area contributed by atoms with Crippen LogP contribution in [0.4, 0.5) is 0 Å². The molecule has 1 aromatic heterocycles. The van der Waals surface area contributed by atoms with Gasteiger partial charge in [-0.25, -0.2) is 4.79 Å². The predicted octanol–water partition coefficient (Wildman–Crippen LogP) is 4.43. The Bertz CT molecular complexity index is 1130. The average Bonchev–Trinajstić information content (AvgIpc) is 2.96. The fourth-order valence-corrected chi connectivity index (χ4v) is 3.41. The summed E-state index contributed by atoms with van der Waals surface area (Å²) in [6, 6.07) is 9.73. The molecule has 0 saturated heterocycles. The molecule has 1 aliphatic heterocycles. The Balaban J connectivity index is 1.55. The molecule has 2 heterocycles. The number of fused-ring (bicyclic) bond motifs is 2. The van der Waals surface area contributed by atoms with E-state index < -0.39 is 5.63 Å². The molecule has 0 saturated carbocycles. The number of rotatable bonds is 5. The molecule has 0 atom stereocenters. The number of carbonyl (C=O) groups excluding carboxylic acids is 1. The van der Waals surface area contributed by atoms with Gasteiger partial charge < -0.3 is 18.6 Å². The fourth-order valence-electron chi connectivity index (χ4n) is 3.19. The third-order valence-electron chi connectivity index (χ3n) is 4.69. The lowest BCUT2D eigenvalue weighted by molar-refractivity contribution is 0.0921. The maximum atomic E-state index is 12.6. The van der Waals surface area contributed by atoms with E-state index in [0.29, 0.717) is 47.3 Å². The number of hydrogen-bond acceptors (Lipinski definition) is 6. The first kappa shape index (κ1) is 19.3. The number of ketones is 1. The molecule has 0 amide bonds. The highest BCUT2D eigenvalue weighted by Gasteiger charge is 2.16. The molecule has 0 unspecified atom stereocenters. The SMILES string of the molecule is CCc1cc(=O)oc2cc(OCC(=O)c3ccc4c(c3)OCCCO4)c(Cl)cc12. The minimum Gasteiger partial charge on any atom is -0.490 e. The molecule has 0 bridgehead atoms. The number of hydrogen-bond donors (Lipinski definition) is 0. The van der Waals surface area contributed by atoms with E-state index in [2.05, 4.69) is 0 Å². The molecular weight excluding hydrogens is 396 g/mol. The highest BCUT2D eigenvalue weighted by Crippen LogP contribution is 2.33. The van der Waals surface area contributed by atoms with E-state index in [4.69, 9.17) is 30.2 Å². The predicted molar refractivity (Wildman–Crippen MR) is 109 cm³/mol. The molecule has 0 radical (unpaired) electrons. The Morgan fingerprint density at radius 2 is 1.90 bits per heavy atom. The minimum atomic E-state index is -0.439. The van der Waals surface area contributed by atoms with Crippen LogP contribution in [0.25, 0.3) is 11.0 Å². The molecule has 0 fully saturated rings. The number of benzene rings is 2. The molecule has 4 rings (SSSR count). The van der Waals surface area contributed by atoms with Crippen LogP contribution in [0.2, 0.25) is 5.02 Å². The van der Waals surface area contributed by atoms with Crippen LogP contribution in [0.15, 0.2) is 45.6 Å². The number of carbonyl (C=O) groups is 1. The summed E-state index contributed by atoms with van der Waals surface area (Å²) in [4.78, 5) is 24.3. The van der Waals surface area contributed by atoms with Gasteiger partial charge in [-0.1, -0.05) is 18.5 Å². The monoisotopic (exact) mass is 414 g/mol. The van der Waals surface area contributed by atoms with E-state index in [1.54, 1.807) is 30.3 Å². The normalized spacial score (nSPS) is 13.2. The molecular formula is C22H19ClO6. The Morgan fingerprint density at radius 1 is 1.10 bits per heavy atom. The van der Waals surface area contributed by atoms with Gasteiger partial charge >= 0.3 is 5.63 Å². The van der Waals surface area contributed by atoms with Gasteiger partial charge in [-0.05, 0) is 36.2 Å². The second-order valence-corrected chi connectivity index (χ2v) is 7.05. The van der Waals surface area contributed by atoms with Crippen LogP contribution < -0.4 is 19.8 Å². The first-order valence-corrected chi connectivity index (χ1v) is 9.75. The van der Waals surface area contributed by atoms with Crippen molar-refractivity contribution in [1.82, 2.24) is 0 Å². The molecule has 6 nitrogen and oxygen atoms in total. The first-order valence-electron chi connectivity index (χ1n) is 9.37. The molecule has 29 heavy (non-hydrogen) atoms. The topological polar surface area (TPSA) is 75.0 Å². The molecule has 0 spiro atoms. The van der Waals surface area contributed by atoms with Gasteiger partial charge in [0, 0.05) is 29.5 Å². The maximum Gasteiger partial charge on any atom is 0.336 e. The van der Waals surface area contributed by atoms with Gasteiger partial charge in [0.15, 0.2) is 23.9 Å². The molecule has 0 N–H and O–H groups in total. The number of aryl methyl sites for hydroxylation is 1. The fraction of sp³-hybridized carbons (Fsp3) is 0.273. The Kier molecular flexibility index (Phi) is 5.45. The summed E-state index contributed by atoms with van der Waals surface area (Å²) in [5.74, 6) is 1.21. The lowest BCUT2D eigenvalue weighted by Crippen LogP contribution is -2.12. The van der Waals surface area contributed by atoms with Crippen molar-refractivity contribution >= 4 is 28.4 Å². The lowest BCUT2D eigenvalue weighted by atomic mass is 10.1. The third-order valence-corrected chi connectivity index (χ3v) is 4.99. The van der Waals surface area contributed by atoms with Crippen molar-refractivity contribution in [3.8, 4) is 17.2 Å². The number of halogens is 1. The van der Waals surface area contributed by atoms with Crippen LogP contribution in [-0.4, -0.2) is 25.6 Å². The van der Waals surface area contributed by atoms with Crippen LogP contribution in [-0.2, 0) is 6.42 Å². The zero-order chi connectivity index (χ0) is 20.4. The van der Waals surface area contributed by atoms with E-state index in [0.717, 1.165) is 17.4 Å². The van der Waals surface area contributed by atoms with Gasteiger partial charge in [-0.3, -0.25) is 4.79 Å². The smallest absolute Gasteiger partial charge is 0.336 e. The third kappa shape index (κ3) is 4.07. The van der Waals surface area contributed by atoms with E-state index in [1.807, 2.05) is 6.92 Å². The zero-order valence-corrected chi connectivity index (χ0v) is 16.6. The Morgan fingerprint density at radius 3 is 2.69 bits per heavy atom. The lowest BCUT2D eigenvalue weighted by Gasteiger charge is -2.11. The van der Waals surface area contributed by atoms with E-state index in [1.165, 1.54) is 6.07 Å². The summed E-state index contributed by atoms with van der Waals surface area (Å²) in [6.45, 7) is 2.85. The van der Waals surface area contributed by atoms with Gasteiger partial charge in [-0.15, -0.1) is 0 Å². The quantitative estimate of drug-likeness (QED) is 0.454. The zero-order valence-electron chi connectivity index (χ0n) is 15.8. The summed E-state index contributed by atoms with van der Waals surface area (Å²) in [7, 11) is 0. The summed E-state index contributed by atoms with van der Waals surface area (Å²) in [5.41, 5.74) is 1.22. The van der Waals surface area contributed by atoms with Crippen LogP contribution in [0, 0.1) is 0 Å². The van der Waals surface area contributed by atoms with Crippen molar-refractivity contribution in [2.45, 2.75) is 19.8 Å². The van der Waals surface area contributed by atoms with Gasteiger partial charge in [0.25, 0.3) is 0 Å². The van der Waals surface area contributed by atoms with E-state index in [9.17, 15) is 9.59 Å². The van der Waals surface area contributed by atoms with E-state index in [-0.39, 0.29) is 18.1 Å². The van der Waals surface area contributed by atoms with Crippen molar-refractivity contribution in [3.63, 3.8) is 0 Å². The van der Waals surface area contributed by atoms with Crippen LogP contribution >= 0.6 is 11.6 Å². The summed E-state index contributed by atoms with van der Waals surface area (Å²) >= 11 is 6.32. The molecule has 7 heteroatoms. The number of ether oxygens (including phenoxy) is 3. The second kappa shape index (κ2) is 8.17. The minimum absolute atomic E-state index is 0.220. The number of Topliss-reactive ketones (excluding diaryl/α,β-unsaturated/α-hetero) is 1. The van der Waals surface area contributed by atoms with E-state index >= 15 is 0 Å². The van der Waals surface area contributed by atoms with Gasteiger partial charge in [0.2, 0.25) is 0 Å². The largest absolute Gasteiger partial charge is 0.490 e. The highest BCUT2D eigenvalue weighted by molar-refractivity contribution is 6.32. The first-order chi connectivity index (χ1) is 14.0. The molecule has 2 aromatic carbocycles. The van der Waals surface area contributed by atoms with Crippen molar-refractivity contribution in [2.75, 3.05) is 19.8 Å². The standard InChI is InChI=1S/C22H19ClO6/c1-2-13-9-22(25)29-19-11-20(16(23)10-15(13)19)28-12-17(24)14-4-5-18-21(8-14)27-7-3-6-26-18/h4-5,8-11H,2-3,6-7,12H2,1H3. The van der Waals surface area contributed by atoms with Gasteiger partial charge in [0.05, 0.1) is 18.2 Å². The van der Waals surface area contributed by atoms with Crippen LogP contribution in [0.3, 0.4) is 0 Å². The average molecular weight is 415 g/mol. The van der Waals surface area contributed by atoms with Crippen LogP contribution in [0.1, 0.15) is 29.3 Å². The van der Waals surface area contributed by atoms with Gasteiger partial charge in [0.1, 0.15) is 11.3 Å². The molecule has 1 aliphatic rings. The summed E-state index contributed by atoms with van der Waals surface area (Å²) < 4.78 is 22.1. The van der Waals surface area contributed by atoms with Crippen molar-refractivity contribution in [2.24, 2.45) is 0 Å². The van der Waals surface area contributed by atoms with Crippen molar-refractivity contribution in [3.05, 3.63) is 63.0 Å². The second-order valence-electron chi connectivity index (χ2n) is 6.65. The summed E-state index contributed by atoms with van der Waals surface area (Å²) in [6.07, 6.45) is 1.46. The van der Waals surface area contributed by atoms with Crippen molar-refractivity contribution < 1.29 is 23.4 Å². The molecule has 150 valence electrons. The van der Waals surface area contributed by atoms with Crippen LogP contribution in [0.5, 0.6) is 17.2 Å². The van der Waals surface area contributed by atoms with Crippen molar-refractivity contribution in [1.29, 1.82) is 0 Å². The Labute approximate surface area is 171 Å². The summed E-state index contributed by atoms with van der Waals surface area (Å²) in [5, 5.41) is 1.09. The highest BCUT2D eigenvalue weighted by atomic mass is 35.5.